The summed E-state index contributed by atoms with van der Waals surface area (Å²) in [6.07, 6.45) is 0. The van der Waals surface area contributed by atoms with E-state index in [2.05, 4.69) is 21.2 Å². The third-order valence-corrected chi connectivity index (χ3v) is 2.65. The number of nitrogens with two attached hydrogens (primary N) is 1. The Morgan fingerprint density at radius 3 is 2.43 bits per heavy atom. The van der Waals surface area contributed by atoms with Crippen LogP contribution in [0.15, 0.2) is 21.2 Å². The van der Waals surface area contributed by atoms with Crippen molar-refractivity contribution in [1.29, 1.82) is 0 Å². The van der Waals surface area contributed by atoms with E-state index < -0.39 is 43.3 Å². The molecule has 0 spiro atoms. The molecule has 1 rings (SSSR count). The summed E-state index contributed by atoms with van der Waals surface area (Å²) in [7, 11) is 0. The number of aliphatic carboxylic acids is 1. The van der Waals surface area contributed by atoms with Crippen LogP contribution in [0.2, 0.25) is 0 Å². The molecule has 0 bridgehead atoms. The maximum absolute atomic E-state index is 11.8. The smallest absolute Gasteiger partial charge is 0.323 e. The molecular formula is C11H12BrN3O6. The average molecular weight is 362 g/mol. The molecule has 1 heterocycles. The number of primary amides is 1. The van der Waals surface area contributed by atoms with E-state index in [-0.39, 0.29) is 5.76 Å². The Morgan fingerprint density at radius 2 is 1.95 bits per heavy atom. The van der Waals surface area contributed by atoms with Gasteiger partial charge in [-0.1, -0.05) is 0 Å². The summed E-state index contributed by atoms with van der Waals surface area (Å²) in [6, 6.07) is 2.89. The topological polar surface area (TPSA) is 143 Å². The van der Waals surface area contributed by atoms with Gasteiger partial charge in [0.15, 0.2) is 10.4 Å². The van der Waals surface area contributed by atoms with Gasteiger partial charge in [0.05, 0.1) is 13.1 Å². The SMILES string of the molecule is NC(=O)CN(CC(=O)O)C(=O)CNC(=O)c1ccc(Br)o1. The van der Waals surface area contributed by atoms with Crippen molar-refractivity contribution in [2.75, 3.05) is 19.6 Å². The minimum atomic E-state index is -1.30. The third-order valence-electron chi connectivity index (χ3n) is 2.22. The van der Waals surface area contributed by atoms with E-state index in [1.54, 1.807) is 0 Å². The highest BCUT2D eigenvalue weighted by atomic mass is 79.9. The van der Waals surface area contributed by atoms with Crippen molar-refractivity contribution < 1.29 is 28.7 Å². The highest BCUT2D eigenvalue weighted by Gasteiger charge is 2.20. The molecule has 9 nitrogen and oxygen atoms in total. The summed E-state index contributed by atoms with van der Waals surface area (Å²) < 4.78 is 5.33. The Morgan fingerprint density at radius 1 is 1.29 bits per heavy atom. The molecule has 114 valence electrons. The first-order chi connectivity index (χ1) is 9.79. The minimum absolute atomic E-state index is 0.0191. The molecule has 0 saturated heterocycles. The first kappa shape index (κ1) is 16.7. The van der Waals surface area contributed by atoms with E-state index in [0.717, 1.165) is 4.90 Å². The lowest BCUT2D eigenvalue weighted by Crippen LogP contribution is -2.46. The summed E-state index contributed by atoms with van der Waals surface area (Å²) >= 11 is 3.02. The number of rotatable bonds is 7. The second-order valence-electron chi connectivity index (χ2n) is 3.90. The number of hydrogen-bond donors (Lipinski definition) is 3. The number of nitrogens with one attached hydrogen (secondary N) is 1. The molecule has 0 unspecified atom stereocenters. The molecular weight excluding hydrogens is 350 g/mol. The number of carboxylic acid groups (broad SMARTS) is 1. The number of nitrogens with zero attached hydrogens (tertiary/aromatic N) is 1. The largest absolute Gasteiger partial charge is 0.480 e. The summed E-state index contributed by atoms with van der Waals surface area (Å²) in [5.74, 6) is -3.58. The molecule has 3 amide bonds. The zero-order valence-corrected chi connectivity index (χ0v) is 12.3. The molecule has 0 atom stereocenters. The quantitative estimate of drug-likeness (QED) is 0.578. The number of halogens is 1. The molecule has 0 fully saturated rings. The standard InChI is InChI=1S/C11H12BrN3O6/c12-7-2-1-6(21-7)11(20)14-3-9(17)15(4-8(13)16)5-10(18)19/h1-2H,3-5H2,(H2,13,16)(H,14,20)(H,18,19). The number of amides is 3. The zero-order chi connectivity index (χ0) is 16.0. The molecule has 1 aromatic heterocycles. The number of carboxylic acids is 1. The van der Waals surface area contributed by atoms with Crippen molar-refractivity contribution in [3.8, 4) is 0 Å². The molecule has 21 heavy (non-hydrogen) atoms. The van der Waals surface area contributed by atoms with E-state index in [4.69, 9.17) is 15.3 Å². The molecule has 10 heteroatoms. The first-order valence-corrected chi connectivity index (χ1v) is 6.40. The van der Waals surface area contributed by atoms with Crippen LogP contribution < -0.4 is 11.1 Å². The second kappa shape index (κ2) is 7.43. The van der Waals surface area contributed by atoms with E-state index in [0.29, 0.717) is 4.67 Å². The van der Waals surface area contributed by atoms with Gasteiger partial charge in [-0.05, 0) is 28.1 Å². The van der Waals surface area contributed by atoms with Gasteiger partial charge in [0.2, 0.25) is 11.8 Å². The van der Waals surface area contributed by atoms with E-state index >= 15 is 0 Å². The summed E-state index contributed by atoms with van der Waals surface area (Å²) in [6.45, 7) is -1.73. The summed E-state index contributed by atoms with van der Waals surface area (Å²) in [4.78, 5) is 45.5. The van der Waals surface area contributed by atoms with Gasteiger partial charge >= 0.3 is 5.97 Å². The van der Waals surface area contributed by atoms with Gasteiger partial charge in [0, 0.05) is 0 Å². The van der Waals surface area contributed by atoms with Gasteiger partial charge in [-0.2, -0.15) is 0 Å². The molecule has 0 aliphatic heterocycles. The van der Waals surface area contributed by atoms with Crippen molar-refractivity contribution in [3.05, 3.63) is 22.6 Å². The fourth-order valence-electron chi connectivity index (χ4n) is 1.37. The van der Waals surface area contributed by atoms with Crippen molar-refractivity contribution in [2.45, 2.75) is 0 Å². The van der Waals surface area contributed by atoms with Crippen LogP contribution in [0.5, 0.6) is 0 Å². The second-order valence-corrected chi connectivity index (χ2v) is 4.68. The predicted molar refractivity (Wildman–Crippen MR) is 72.2 cm³/mol. The van der Waals surface area contributed by atoms with Crippen molar-refractivity contribution in [2.24, 2.45) is 5.73 Å². The van der Waals surface area contributed by atoms with Crippen LogP contribution >= 0.6 is 15.9 Å². The zero-order valence-electron chi connectivity index (χ0n) is 10.7. The maximum Gasteiger partial charge on any atom is 0.323 e. The van der Waals surface area contributed by atoms with Crippen LogP contribution in [-0.2, 0) is 14.4 Å². The van der Waals surface area contributed by atoms with Crippen LogP contribution in [0.1, 0.15) is 10.6 Å². The van der Waals surface area contributed by atoms with Crippen LogP contribution in [0.4, 0.5) is 0 Å². The lowest BCUT2D eigenvalue weighted by atomic mass is 10.4. The Labute approximate surface area is 127 Å². The van der Waals surface area contributed by atoms with E-state index in [9.17, 15) is 19.2 Å². The van der Waals surface area contributed by atoms with Crippen LogP contribution in [0, 0.1) is 0 Å². The van der Waals surface area contributed by atoms with Gasteiger partial charge in [0.25, 0.3) is 5.91 Å². The van der Waals surface area contributed by atoms with Crippen LogP contribution in [0.3, 0.4) is 0 Å². The van der Waals surface area contributed by atoms with Crippen LogP contribution in [0.25, 0.3) is 0 Å². The minimum Gasteiger partial charge on any atom is -0.480 e. The molecule has 1 aromatic rings. The molecule has 0 radical (unpaired) electrons. The monoisotopic (exact) mass is 361 g/mol. The van der Waals surface area contributed by atoms with Crippen LogP contribution in [-0.4, -0.2) is 53.3 Å². The molecule has 0 aromatic carbocycles. The average Bonchev–Trinajstić information content (AvgIpc) is 2.80. The van der Waals surface area contributed by atoms with Gasteiger partial charge in [-0.15, -0.1) is 0 Å². The van der Waals surface area contributed by atoms with Gasteiger partial charge in [0.1, 0.15) is 6.54 Å². The molecule has 0 aliphatic carbocycles. The number of furan rings is 1. The van der Waals surface area contributed by atoms with Gasteiger partial charge in [-0.25, -0.2) is 0 Å². The Kier molecular flexibility index (Phi) is 5.91. The Bertz CT molecular complexity index is 554. The fourth-order valence-corrected chi connectivity index (χ4v) is 1.68. The third kappa shape index (κ3) is 5.65. The highest BCUT2D eigenvalue weighted by molar-refractivity contribution is 9.10. The Balaban J connectivity index is 2.58. The van der Waals surface area contributed by atoms with Crippen molar-refractivity contribution in [3.63, 3.8) is 0 Å². The number of hydrogen-bond acceptors (Lipinski definition) is 5. The predicted octanol–water partition coefficient (Wildman–Crippen LogP) is -0.830. The summed E-state index contributed by atoms with van der Waals surface area (Å²) in [5.41, 5.74) is 4.92. The van der Waals surface area contributed by atoms with E-state index in [1.165, 1.54) is 12.1 Å². The molecule has 0 aliphatic rings. The van der Waals surface area contributed by atoms with Gasteiger partial charge in [-0.3, -0.25) is 19.2 Å². The lowest BCUT2D eigenvalue weighted by Gasteiger charge is -2.18. The lowest BCUT2D eigenvalue weighted by molar-refractivity contribution is -0.145. The fraction of sp³-hybridized carbons (Fsp3) is 0.273. The van der Waals surface area contributed by atoms with Crippen molar-refractivity contribution in [1.82, 2.24) is 10.2 Å². The first-order valence-electron chi connectivity index (χ1n) is 5.61. The maximum atomic E-state index is 11.8. The normalized spacial score (nSPS) is 9.95. The highest BCUT2D eigenvalue weighted by Crippen LogP contribution is 2.13. The van der Waals surface area contributed by atoms with Gasteiger partial charge < -0.3 is 25.5 Å². The number of carbonyl (C=O) groups excluding carboxylic acids is 3. The van der Waals surface area contributed by atoms with Crippen molar-refractivity contribution >= 4 is 39.6 Å². The number of carbonyl (C=O) groups is 4. The van der Waals surface area contributed by atoms with E-state index in [1.807, 2.05) is 0 Å². The molecule has 0 saturated carbocycles. The molecule has 4 N–H and O–H groups in total. The Hall–Kier alpha value is -2.36. The summed E-state index contributed by atoms with van der Waals surface area (Å²) in [5, 5.41) is 10.9.